The molecule has 0 aliphatic rings. The molecule has 20 heavy (non-hydrogen) atoms. The molecule has 3 nitrogen and oxygen atoms in total. The normalized spacial score (nSPS) is 11.1. The van der Waals surface area contributed by atoms with Crippen molar-refractivity contribution >= 4 is 17.4 Å². The molecular weight excluding hydrogens is 266 g/mol. The number of nitrogen functional groups attached to an aromatic ring is 1. The molecule has 0 saturated heterocycles. The highest BCUT2D eigenvalue weighted by Crippen LogP contribution is 2.33. The number of benzene rings is 1. The Morgan fingerprint density at radius 3 is 2.35 bits per heavy atom. The van der Waals surface area contributed by atoms with Gasteiger partial charge in [-0.15, -0.1) is 0 Å². The fourth-order valence-corrected chi connectivity index (χ4v) is 2.60. The molecule has 0 amide bonds. The van der Waals surface area contributed by atoms with Gasteiger partial charge in [0, 0.05) is 11.1 Å². The van der Waals surface area contributed by atoms with Crippen molar-refractivity contribution in [1.82, 2.24) is 4.98 Å². The molecule has 0 unspecified atom stereocenters. The Kier molecular flexibility index (Phi) is 4.01. The maximum Gasteiger partial charge on any atom is 0.125 e. The van der Waals surface area contributed by atoms with Crippen molar-refractivity contribution in [3.8, 4) is 6.07 Å². The zero-order valence-electron chi connectivity index (χ0n) is 11.8. The zero-order chi connectivity index (χ0) is 14.8. The minimum atomic E-state index is 0.140. The van der Waals surface area contributed by atoms with Gasteiger partial charge in [-0.3, -0.25) is 0 Å². The summed E-state index contributed by atoms with van der Waals surface area (Å²) >= 11 is 1.48. The minimum Gasteiger partial charge on any atom is -0.395 e. The first-order valence-electron chi connectivity index (χ1n) is 6.35. The van der Waals surface area contributed by atoms with E-state index in [4.69, 9.17) is 11.0 Å². The molecule has 102 valence electrons. The lowest BCUT2D eigenvalue weighted by Gasteiger charge is -2.19. The number of rotatable bonds is 2. The molecule has 1 heterocycles. The van der Waals surface area contributed by atoms with E-state index in [1.165, 1.54) is 17.3 Å². The van der Waals surface area contributed by atoms with Crippen LogP contribution in [-0.4, -0.2) is 4.98 Å². The number of nitrogens with two attached hydrogens (primary N) is 1. The summed E-state index contributed by atoms with van der Waals surface area (Å²) in [4.78, 5) is 5.30. The Bertz CT molecular complexity index is 649. The van der Waals surface area contributed by atoms with Crippen LogP contribution in [0.5, 0.6) is 0 Å². The summed E-state index contributed by atoms with van der Waals surface area (Å²) < 4.78 is 0. The van der Waals surface area contributed by atoms with E-state index in [-0.39, 0.29) is 5.41 Å². The van der Waals surface area contributed by atoms with E-state index < -0.39 is 0 Å². The lowest BCUT2D eigenvalue weighted by Crippen LogP contribution is -2.10. The van der Waals surface area contributed by atoms with Gasteiger partial charge in [0.25, 0.3) is 0 Å². The van der Waals surface area contributed by atoms with Crippen molar-refractivity contribution in [3.05, 3.63) is 47.7 Å². The van der Waals surface area contributed by atoms with Gasteiger partial charge in [0.05, 0.1) is 11.3 Å². The molecular formula is C16H17N3S. The van der Waals surface area contributed by atoms with Gasteiger partial charge >= 0.3 is 0 Å². The molecule has 4 heteroatoms. The average molecular weight is 283 g/mol. The maximum atomic E-state index is 8.97. The van der Waals surface area contributed by atoms with Crippen LogP contribution in [0.3, 0.4) is 0 Å². The second-order valence-electron chi connectivity index (χ2n) is 5.57. The molecule has 0 aliphatic carbocycles. The first-order valence-corrected chi connectivity index (χ1v) is 7.16. The molecule has 2 N–H and O–H groups in total. The summed E-state index contributed by atoms with van der Waals surface area (Å²) in [5.41, 5.74) is 8.27. The fourth-order valence-electron chi connectivity index (χ4n) is 1.77. The third kappa shape index (κ3) is 3.12. The van der Waals surface area contributed by atoms with Gasteiger partial charge in [0.15, 0.2) is 0 Å². The van der Waals surface area contributed by atoms with Crippen molar-refractivity contribution in [2.75, 3.05) is 5.73 Å². The topological polar surface area (TPSA) is 62.7 Å². The van der Waals surface area contributed by atoms with E-state index in [2.05, 4.69) is 56.1 Å². The minimum absolute atomic E-state index is 0.140. The number of anilines is 1. The van der Waals surface area contributed by atoms with E-state index in [1.807, 2.05) is 0 Å². The largest absolute Gasteiger partial charge is 0.395 e. The van der Waals surface area contributed by atoms with Crippen molar-refractivity contribution in [2.45, 2.75) is 36.1 Å². The Morgan fingerprint density at radius 2 is 1.80 bits per heavy atom. The van der Waals surface area contributed by atoms with Crippen LogP contribution in [0, 0.1) is 11.3 Å². The molecule has 2 rings (SSSR count). The number of hydrogen-bond acceptors (Lipinski definition) is 4. The molecule has 0 bridgehead atoms. The van der Waals surface area contributed by atoms with Crippen LogP contribution < -0.4 is 5.73 Å². The lowest BCUT2D eigenvalue weighted by molar-refractivity contribution is 0.590. The van der Waals surface area contributed by atoms with Crippen LogP contribution in [0.1, 0.15) is 31.9 Å². The molecule has 1 aromatic heterocycles. The summed E-state index contributed by atoms with van der Waals surface area (Å²) in [5.74, 6) is 0. The summed E-state index contributed by atoms with van der Waals surface area (Å²) in [5, 5.41) is 9.64. The van der Waals surface area contributed by atoms with Gasteiger partial charge in [-0.2, -0.15) is 5.26 Å². The standard InChI is InChI=1S/C16H17N3S/c1-16(2,3)12-4-6-13(7-5-12)20-15-14(18)11(10-17)8-9-19-15/h4-9H,18H2,1-3H3. The van der Waals surface area contributed by atoms with Crippen LogP contribution in [0.15, 0.2) is 46.5 Å². The van der Waals surface area contributed by atoms with Gasteiger partial charge in [0.1, 0.15) is 11.1 Å². The van der Waals surface area contributed by atoms with E-state index in [9.17, 15) is 0 Å². The second-order valence-corrected chi connectivity index (χ2v) is 6.63. The lowest BCUT2D eigenvalue weighted by atomic mass is 9.87. The van der Waals surface area contributed by atoms with Gasteiger partial charge in [-0.05, 0) is 29.2 Å². The van der Waals surface area contributed by atoms with Gasteiger partial charge in [-0.1, -0.05) is 44.7 Å². The second kappa shape index (κ2) is 5.56. The van der Waals surface area contributed by atoms with Gasteiger partial charge in [0.2, 0.25) is 0 Å². The Morgan fingerprint density at radius 1 is 1.15 bits per heavy atom. The highest BCUT2D eigenvalue weighted by molar-refractivity contribution is 7.99. The molecule has 0 aliphatic heterocycles. The Balaban J connectivity index is 2.26. The first kappa shape index (κ1) is 14.4. The zero-order valence-corrected chi connectivity index (χ0v) is 12.7. The van der Waals surface area contributed by atoms with Crippen LogP contribution in [-0.2, 0) is 5.41 Å². The number of nitrogens with zero attached hydrogens (tertiary/aromatic N) is 2. The maximum absolute atomic E-state index is 8.97. The number of nitriles is 1. The third-order valence-electron chi connectivity index (χ3n) is 3.01. The van der Waals surface area contributed by atoms with E-state index in [0.717, 1.165) is 4.90 Å². The number of pyridine rings is 1. The third-order valence-corrected chi connectivity index (χ3v) is 4.04. The summed E-state index contributed by atoms with van der Waals surface area (Å²) in [6.07, 6.45) is 1.61. The van der Waals surface area contributed by atoms with Crippen LogP contribution in [0.2, 0.25) is 0 Å². The molecule has 0 atom stereocenters. The smallest absolute Gasteiger partial charge is 0.125 e. The summed E-state index contributed by atoms with van der Waals surface area (Å²) in [7, 11) is 0. The molecule has 0 spiro atoms. The van der Waals surface area contributed by atoms with E-state index >= 15 is 0 Å². The average Bonchev–Trinajstić information content (AvgIpc) is 2.41. The molecule has 1 aromatic carbocycles. The van der Waals surface area contributed by atoms with Crippen molar-refractivity contribution < 1.29 is 0 Å². The van der Waals surface area contributed by atoms with Gasteiger partial charge < -0.3 is 5.73 Å². The predicted molar refractivity (Wildman–Crippen MR) is 82.6 cm³/mol. The van der Waals surface area contributed by atoms with Crippen LogP contribution in [0.25, 0.3) is 0 Å². The molecule has 0 saturated carbocycles. The fraction of sp³-hybridized carbons (Fsp3) is 0.250. The quantitative estimate of drug-likeness (QED) is 0.905. The van der Waals surface area contributed by atoms with Crippen LogP contribution in [0.4, 0.5) is 5.69 Å². The highest BCUT2D eigenvalue weighted by Gasteiger charge is 2.13. The summed E-state index contributed by atoms with van der Waals surface area (Å²) in [6, 6.07) is 12.1. The van der Waals surface area contributed by atoms with E-state index in [1.54, 1.807) is 12.3 Å². The van der Waals surface area contributed by atoms with Gasteiger partial charge in [-0.25, -0.2) is 4.98 Å². The number of hydrogen-bond donors (Lipinski definition) is 1. The molecule has 0 radical (unpaired) electrons. The predicted octanol–water partition coefficient (Wildman–Crippen LogP) is 3.98. The number of aromatic nitrogens is 1. The monoisotopic (exact) mass is 283 g/mol. The highest BCUT2D eigenvalue weighted by atomic mass is 32.2. The Labute approximate surface area is 123 Å². The molecule has 2 aromatic rings. The SMILES string of the molecule is CC(C)(C)c1ccc(Sc2nccc(C#N)c2N)cc1. The van der Waals surface area contributed by atoms with Crippen molar-refractivity contribution in [3.63, 3.8) is 0 Å². The van der Waals surface area contributed by atoms with Crippen molar-refractivity contribution in [1.29, 1.82) is 5.26 Å². The first-order chi connectivity index (χ1) is 9.41. The van der Waals surface area contributed by atoms with Crippen LogP contribution >= 0.6 is 11.8 Å². The van der Waals surface area contributed by atoms with E-state index in [0.29, 0.717) is 16.3 Å². The Hall–Kier alpha value is -1.99. The van der Waals surface area contributed by atoms with Crippen molar-refractivity contribution in [2.24, 2.45) is 0 Å². The summed E-state index contributed by atoms with van der Waals surface area (Å²) in [6.45, 7) is 6.56. The molecule has 0 fully saturated rings.